The Morgan fingerprint density at radius 3 is 2.35 bits per heavy atom. The molecule has 0 N–H and O–H groups in total. The molecule has 6 heteroatoms. The Morgan fingerprint density at radius 2 is 1.69 bits per heavy atom. The van der Waals surface area contributed by atoms with E-state index in [2.05, 4.69) is 11.9 Å². The average Bonchev–Trinajstić information content (AvgIpc) is 3.05. The molecule has 2 aliphatic heterocycles. The molecular weight excluding hydrogens is 338 g/mol. The van der Waals surface area contributed by atoms with Gasteiger partial charge in [0.2, 0.25) is 11.8 Å². The van der Waals surface area contributed by atoms with Gasteiger partial charge >= 0.3 is 0 Å². The van der Waals surface area contributed by atoms with Crippen LogP contribution < -0.4 is 0 Å². The fourth-order valence-electron chi connectivity index (χ4n) is 5.41. The number of likely N-dealkylation sites (N-methyl/N-ethyl adjacent to an activating group) is 1. The molecular formula is C20H32F2N2O2. The Labute approximate surface area is 155 Å². The van der Waals surface area contributed by atoms with Crippen molar-refractivity contribution in [2.24, 2.45) is 17.8 Å². The van der Waals surface area contributed by atoms with Crippen LogP contribution in [-0.2, 0) is 9.53 Å². The highest BCUT2D eigenvalue weighted by Gasteiger charge is 2.55. The van der Waals surface area contributed by atoms with Crippen LogP contribution in [-0.4, -0.2) is 67.1 Å². The summed E-state index contributed by atoms with van der Waals surface area (Å²) in [6, 6.07) is 0. The summed E-state index contributed by atoms with van der Waals surface area (Å²) >= 11 is 0. The van der Waals surface area contributed by atoms with Crippen LogP contribution in [0.1, 0.15) is 51.4 Å². The zero-order valence-electron chi connectivity index (χ0n) is 15.9. The fraction of sp³-hybridized carbons (Fsp3) is 0.950. The molecule has 4 fully saturated rings. The first-order valence-corrected chi connectivity index (χ1v) is 10.3. The summed E-state index contributed by atoms with van der Waals surface area (Å²) in [5.74, 6) is -1.83. The maximum Gasteiger partial charge on any atom is 0.249 e. The lowest BCUT2D eigenvalue weighted by Crippen LogP contribution is -2.73. The van der Waals surface area contributed by atoms with E-state index in [4.69, 9.17) is 4.74 Å². The van der Waals surface area contributed by atoms with Gasteiger partial charge in [0.15, 0.2) is 0 Å². The van der Waals surface area contributed by atoms with Crippen molar-refractivity contribution in [2.75, 3.05) is 39.9 Å². The first-order valence-electron chi connectivity index (χ1n) is 10.3. The maximum absolute atomic E-state index is 13.0. The van der Waals surface area contributed by atoms with Crippen LogP contribution in [0, 0.1) is 17.8 Å². The molecule has 26 heavy (non-hydrogen) atoms. The number of rotatable bonds is 5. The quantitative estimate of drug-likeness (QED) is 0.745. The molecule has 0 aromatic rings. The zero-order valence-corrected chi connectivity index (χ0v) is 15.9. The number of hydrogen-bond acceptors (Lipinski definition) is 3. The van der Waals surface area contributed by atoms with Gasteiger partial charge in [-0.2, -0.15) is 0 Å². The van der Waals surface area contributed by atoms with E-state index < -0.39 is 11.8 Å². The van der Waals surface area contributed by atoms with Gasteiger partial charge in [-0.1, -0.05) is 12.8 Å². The third kappa shape index (κ3) is 3.64. The summed E-state index contributed by atoms with van der Waals surface area (Å²) in [7, 11) is 2.13. The van der Waals surface area contributed by atoms with E-state index in [-0.39, 0.29) is 24.3 Å². The Balaban J connectivity index is 1.23. The summed E-state index contributed by atoms with van der Waals surface area (Å²) in [5, 5.41) is 0. The van der Waals surface area contributed by atoms with Crippen molar-refractivity contribution in [2.45, 2.75) is 62.8 Å². The molecule has 4 nitrogen and oxygen atoms in total. The maximum atomic E-state index is 13.0. The summed E-state index contributed by atoms with van der Waals surface area (Å²) < 4.78 is 32.1. The van der Waals surface area contributed by atoms with E-state index in [0.29, 0.717) is 19.0 Å². The third-order valence-electron chi connectivity index (χ3n) is 7.25. The van der Waals surface area contributed by atoms with Crippen molar-refractivity contribution >= 4 is 5.91 Å². The molecule has 4 aliphatic rings. The van der Waals surface area contributed by atoms with Crippen LogP contribution in [0.5, 0.6) is 0 Å². The first kappa shape index (κ1) is 18.6. The van der Waals surface area contributed by atoms with E-state index >= 15 is 0 Å². The summed E-state index contributed by atoms with van der Waals surface area (Å²) in [4.78, 5) is 16.6. The van der Waals surface area contributed by atoms with E-state index in [0.717, 1.165) is 38.5 Å². The van der Waals surface area contributed by atoms with Gasteiger partial charge in [0.1, 0.15) is 0 Å². The second-order valence-corrected chi connectivity index (χ2v) is 9.35. The minimum atomic E-state index is -2.62. The zero-order chi connectivity index (χ0) is 18.4. The molecule has 1 amide bonds. The lowest BCUT2D eigenvalue weighted by atomic mass is 9.73. The highest BCUT2D eigenvalue weighted by atomic mass is 19.3. The van der Waals surface area contributed by atoms with Crippen molar-refractivity contribution in [3.63, 3.8) is 0 Å². The van der Waals surface area contributed by atoms with E-state index in [9.17, 15) is 13.6 Å². The second kappa shape index (κ2) is 7.01. The number of carbonyl (C=O) groups excluding carboxylic acids is 1. The lowest BCUT2D eigenvalue weighted by molar-refractivity contribution is -0.175. The molecule has 148 valence electrons. The van der Waals surface area contributed by atoms with Crippen LogP contribution in [0.25, 0.3) is 0 Å². The number of ether oxygens (including phenoxy) is 1. The molecule has 0 bridgehead atoms. The second-order valence-electron chi connectivity index (χ2n) is 9.35. The topological polar surface area (TPSA) is 32.8 Å². The smallest absolute Gasteiger partial charge is 0.249 e. The summed E-state index contributed by atoms with van der Waals surface area (Å²) in [6.07, 6.45) is 7.00. The number of carbonyl (C=O) groups is 1. The highest BCUT2D eigenvalue weighted by Crippen LogP contribution is 2.45. The molecule has 1 atom stereocenters. The van der Waals surface area contributed by atoms with Gasteiger partial charge in [-0.05, 0) is 51.1 Å². The number of amides is 1. The van der Waals surface area contributed by atoms with Gasteiger partial charge in [0, 0.05) is 45.1 Å². The van der Waals surface area contributed by atoms with Gasteiger partial charge in [-0.3, -0.25) is 9.69 Å². The van der Waals surface area contributed by atoms with E-state index in [1.165, 1.54) is 25.7 Å². The molecule has 4 rings (SSSR count). The Bertz CT molecular complexity index is 522. The number of nitrogens with zero attached hydrogens (tertiary/aromatic N) is 2. The summed E-state index contributed by atoms with van der Waals surface area (Å²) in [6.45, 7) is 4.16. The van der Waals surface area contributed by atoms with E-state index in [1.54, 1.807) is 4.90 Å². The van der Waals surface area contributed by atoms with Crippen LogP contribution in [0.2, 0.25) is 0 Å². The van der Waals surface area contributed by atoms with Gasteiger partial charge < -0.3 is 9.64 Å². The molecule has 0 unspecified atom stereocenters. The van der Waals surface area contributed by atoms with Crippen LogP contribution in [0.15, 0.2) is 0 Å². The Hall–Kier alpha value is -0.750. The van der Waals surface area contributed by atoms with Crippen molar-refractivity contribution in [1.29, 1.82) is 0 Å². The predicted molar refractivity (Wildman–Crippen MR) is 95.1 cm³/mol. The van der Waals surface area contributed by atoms with E-state index in [1.807, 2.05) is 0 Å². The van der Waals surface area contributed by atoms with Crippen molar-refractivity contribution in [1.82, 2.24) is 9.80 Å². The molecule has 1 spiro atoms. The summed E-state index contributed by atoms with van der Waals surface area (Å²) in [5.41, 5.74) is 0.0432. The van der Waals surface area contributed by atoms with Crippen molar-refractivity contribution in [3.8, 4) is 0 Å². The molecule has 2 aliphatic carbocycles. The third-order valence-corrected chi connectivity index (χ3v) is 7.25. The Kier molecular flexibility index (Phi) is 5.01. The molecule has 0 aromatic carbocycles. The first-order chi connectivity index (χ1) is 12.4. The van der Waals surface area contributed by atoms with Crippen LogP contribution in [0.3, 0.4) is 0 Å². The van der Waals surface area contributed by atoms with Crippen LogP contribution >= 0.6 is 0 Å². The number of likely N-dealkylation sites (tertiary alicyclic amines) is 2. The molecule has 0 radical (unpaired) electrons. The number of hydrogen-bond donors (Lipinski definition) is 0. The molecule has 2 saturated heterocycles. The molecule has 0 aromatic heterocycles. The van der Waals surface area contributed by atoms with Gasteiger partial charge in [-0.25, -0.2) is 8.78 Å². The Morgan fingerprint density at radius 1 is 1.04 bits per heavy atom. The number of piperidine rings is 1. The van der Waals surface area contributed by atoms with Gasteiger partial charge in [0.05, 0.1) is 5.54 Å². The number of alkyl halides is 2. The minimum Gasteiger partial charge on any atom is -0.381 e. The average molecular weight is 370 g/mol. The minimum absolute atomic E-state index is 0.0432. The fourth-order valence-corrected chi connectivity index (χ4v) is 5.41. The standard InChI is InChI=1S/C20H32F2N2O2/c1-23-7-6-16(12-26-11-15-4-2-3-5-15)8-19(23)13-24(14-19)18(25)17-9-20(21,22)10-17/h15-17H,2-14H2,1H3/t16-/m0/s1. The molecule has 2 saturated carbocycles. The van der Waals surface area contributed by atoms with Gasteiger partial charge in [-0.15, -0.1) is 0 Å². The predicted octanol–water partition coefficient (Wildman–Crippen LogP) is 3.16. The SMILES string of the molecule is CN1CC[C@H](COCC2CCCC2)CC12CN(C(=O)C1CC(F)(F)C1)C2. The monoisotopic (exact) mass is 370 g/mol. The highest BCUT2D eigenvalue weighted by molar-refractivity contribution is 5.81. The number of halogens is 2. The lowest BCUT2D eigenvalue weighted by Gasteiger charge is -2.59. The molecule has 2 heterocycles. The van der Waals surface area contributed by atoms with Gasteiger partial charge in [0.25, 0.3) is 0 Å². The largest absolute Gasteiger partial charge is 0.381 e. The normalized spacial score (nSPS) is 31.8. The van der Waals surface area contributed by atoms with Crippen molar-refractivity contribution < 1.29 is 18.3 Å². The van der Waals surface area contributed by atoms with Crippen LogP contribution in [0.4, 0.5) is 8.78 Å². The van der Waals surface area contributed by atoms with Crippen molar-refractivity contribution in [3.05, 3.63) is 0 Å².